The van der Waals surface area contributed by atoms with Crippen molar-refractivity contribution in [2.24, 2.45) is 0 Å². The summed E-state index contributed by atoms with van der Waals surface area (Å²) in [4.78, 5) is 22.3. The van der Waals surface area contributed by atoms with E-state index in [-0.39, 0.29) is 11.3 Å². The normalized spacial score (nSPS) is 10.3. The van der Waals surface area contributed by atoms with E-state index in [1.807, 2.05) is 0 Å². The van der Waals surface area contributed by atoms with E-state index in [1.165, 1.54) is 20.3 Å². The van der Waals surface area contributed by atoms with Crippen molar-refractivity contribution in [1.29, 1.82) is 0 Å². The quantitative estimate of drug-likeness (QED) is 0.831. The molecule has 0 atom stereocenters. The first-order chi connectivity index (χ1) is 8.58. The molecule has 0 saturated carbocycles. The fraction of sp³-hybridized carbons (Fsp3) is 0.167. The second-order valence-electron chi connectivity index (χ2n) is 3.47. The van der Waals surface area contributed by atoms with Crippen molar-refractivity contribution in [2.45, 2.75) is 0 Å². The lowest BCUT2D eigenvalue weighted by Crippen LogP contribution is -2.13. The minimum Gasteiger partial charge on any atom is -0.493 e. The predicted octanol–water partition coefficient (Wildman–Crippen LogP) is 1.51. The zero-order chi connectivity index (χ0) is 13.3. The zero-order valence-electron chi connectivity index (χ0n) is 9.72. The fourth-order valence-electron chi connectivity index (χ4n) is 1.64. The molecule has 0 aliphatic rings. The Balaban J connectivity index is 2.84. The number of aromatic carboxylic acids is 1. The highest BCUT2D eigenvalue weighted by Gasteiger charge is 2.16. The largest absolute Gasteiger partial charge is 0.493 e. The number of carbonyl (C=O) groups is 1. The average Bonchev–Trinajstić information content (AvgIpc) is 2.36. The van der Waals surface area contributed by atoms with E-state index in [4.69, 9.17) is 19.0 Å². The number of carboxylic acid groups (broad SMARTS) is 1. The molecule has 0 amide bonds. The maximum absolute atomic E-state index is 11.5. The maximum Gasteiger partial charge on any atom is 0.351 e. The Labute approximate surface area is 101 Å². The van der Waals surface area contributed by atoms with Gasteiger partial charge in [-0.1, -0.05) is 0 Å². The highest BCUT2D eigenvalue weighted by Crippen LogP contribution is 2.34. The van der Waals surface area contributed by atoms with E-state index in [2.05, 4.69) is 0 Å². The van der Waals surface area contributed by atoms with Crippen LogP contribution in [0.4, 0.5) is 0 Å². The maximum atomic E-state index is 11.5. The summed E-state index contributed by atoms with van der Waals surface area (Å²) in [5.41, 5.74) is -1.19. The Kier molecular flexibility index (Phi) is 2.93. The van der Waals surface area contributed by atoms with Crippen molar-refractivity contribution < 1.29 is 23.8 Å². The van der Waals surface area contributed by atoms with Crippen LogP contribution in [0.25, 0.3) is 11.0 Å². The van der Waals surface area contributed by atoms with Gasteiger partial charge in [0.2, 0.25) is 5.75 Å². The van der Waals surface area contributed by atoms with E-state index in [1.54, 1.807) is 12.1 Å². The Morgan fingerprint density at radius 1 is 1.28 bits per heavy atom. The minimum absolute atomic E-state index is 0.159. The Hall–Kier alpha value is -2.50. The van der Waals surface area contributed by atoms with Gasteiger partial charge in [-0.3, -0.25) is 0 Å². The van der Waals surface area contributed by atoms with Crippen LogP contribution in [0, 0.1) is 0 Å². The summed E-state index contributed by atoms with van der Waals surface area (Å²) >= 11 is 0. The number of methoxy groups -OCH3 is 2. The Morgan fingerprint density at radius 2 is 2.00 bits per heavy atom. The second kappa shape index (κ2) is 4.40. The van der Waals surface area contributed by atoms with E-state index in [0.29, 0.717) is 11.1 Å². The first-order valence-corrected chi connectivity index (χ1v) is 5.00. The predicted molar refractivity (Wildman–Crippen MR) is 62.5 cm³/mol. The van der Waals surface area contributed by atoms with E-state index in [9.17, 15) is 9.59 Å². The zero-order valence-corrected chi connectivity index (χ0v) is 9.72. The molecule has 0 bridgehead atoms. The van der Waals surface area contributed by atoms with Crippen LogP contribution >= 0.6 is 0 Å². The molecule has 2 aromatic rings. The number of hydrogen-bond acceptors (Lipinski definition) is 5. The summed E-state index contributed by atoms with van der Waals surface area (Å²) in [5.74, 6) is -0.680. The van der Waals surface area contributed by atoms with Gasteiger partial charge in [-0.25, -0.2) is 9.59 Å². The monoisotopic (exact) mass is 250 g/mol. The van der Waals surface area contributed by atoms with Crippen LogP contribution in [0.5, 0.6) is 11.5 Å². The fourth-order valence-corrected chi connectivity index (χ4v) is 1.64. The molecule has 1 N–H and O–H groups in total. The molecule has 0 aliphatic heterocycles. The molecule has 0 radical (unpaired) electrons. The number of hydrogen-bond donors (Lipinski definition) is 1. The summed E-state index contributed by atoms with van der Waals surface area (Å²) in [6.07, 6.45) is 0. The lowest BCUT2D eigenvalue weighted by molar-refractivity contribution is 0.0692. The van der Waals surface area contributed by atoms with Crippen molar-refractivity contribution in [3.05, 3.63) is 34.2 Å². The third kappa shape index (κ3) is 1.77. The molecular weight excluding hydrogens is 240 g/mol. The number of rotatable bonds is 3. The molecule has 1 aromatic carbocycles. The van der Waals surface area contributed by atoms with Crippen molar-refractivity contribution in [3.63, 3.8) is 0 Å². The number of carboxylic acids is 1. The summed E-state index contributed by atoms with van der Waals surface area (Å²) in [7, 11) is 2.86. The van der Waals surface area contributed by atoms with Gasteiger partial charge in [-0.2, -0.15) is 0 Å². The standard InChI is InChI=1S/C12H10O6/c1-16-8-4-3-6-5-7(11(13)14)12(15)18-9(6)10(8)17-2/h3-5H,1-2H3,(H,13,14). The molecule has 6 heteroatoms. The van der Waals surface area contributed by atoms with Crippen LogP contribution in [0.3, 0.4) is 0 Å². The summed E-state index contributed by atoms with van der Waals surface area (Å²) in [6, 6.07) is 4.43. The third-order valence-corrected chi connectivity index (χ3v) is 2.48. The molecule has 1 aromatic heterocycles. The first kappa shape index (κ1) is 12.0. The van der Waals surface area contributed by atoms with Crippen molar-refractivity contribution >= 4 is 16.9 Å². The van der Waals surface area contributed by atoms with Gasteiger partial charge in [-0.05, 0) is 18.2 Å². The molecule has 18 heavy (non-hydrogen) atoms. The van der Waals surface area contributed by atoms with Gasteiger partial charge >= 0.3 is 11.6 Å². The van der Waals surface area contributed by atoms with Crippen molar-refractivity contribution in [1.82, 2.24) is 0 Å². The van der Waals surface area contributed by atoms with Crippen molar-refractivity contribution in [3.8, 4) is 11.5 Å². The molecule has 0 unspecified atom stereocenters. The van der Waals surface area contributed by atoms with Crippen LogP contribution in [-0.4, -0.2) is 25.3 Å². The average molecular weight is 250 g/mol. The van der Waals surface area contributed by atoms with Crippen LogP contribution in [0.2, 0.25) is 0 Å². The first-order valence-electron chi connectivity index (χ1n) is 5.00. The Morgan fingerprint density at radius 3 is 2.56 bits per heavy atom. The Bertz CT molecular complexity index is 670. The van der Waals surface area contributed by atoms with Crippen molar-refractivity contribution in [2.75, 3.05) is 14.2 Å². The van der Waals surface area contributed by atoms with E-state index in [0.717, 1.165) is 0 Å². The summed E-state index contributed by atoms with van der Waals surface area (Å²) in [6.45, 7) is 0. The molecule has 0 spiro atoms. The smallest absolute Gasteiger partial charge is 0.351 e. The van der Waals surface area contributed by atoms with Gasteiger partial charge in [0, 0.05) is 5.39 Å². The number of ether oxygens (including phenoxy) is 2. The van der Waals surface area contributed by atoms with Crippen LogP contribution in [-0.2, 0) is 0 Å². The summed E-state index contributed by atoms with van der Waals surface area (Å²) in [5, 5.41) is 9.29. The molecule has 0 fully saturated rings. The molecule has 0 aliphatic carbocycles. The topological polar surface area (TPSA) is 86.0 Å². The minimum atomic E-state index is -1.33. The third-order valence-electron chi connectivity index (χ3n) is 2.48. The van der Waals surface area contributed by atoms with Gasteiger partial charge in [0.15, 0.2) is 11.3 Å². The van der Waals surface area contributed by atoms with Gasteiger partial charge in [0.05, 0.1) is 14.2 Å². The van der Waals surface area contributed by atoms with Crippen LogP contribution in [0.1, 0.15) is 10.4 Å². The molecular formula is C12H10O6. The lowest BCUT2D eigenvalue weighted by atomic mass is 10.1. The second-order valence-corrected chi connectivity index (χ2v) is 3.47. The SMILES string of the molecule is COc1ccc2cc(C(=O)O)c(=O)oc2c1OC. The molecule has 0 saturated heterocycles. The van der Waals surface area contributed by atoms with E-state index >= 15 is 0 Å². The number of benzene rings is 1. The molecule has 6 nitrogen and oxygen atoms in total. The van der Waals surface area contributed by atoms with Gasteiger partial charge in [-0.15, -0.1) is 0 Å². The molecule has 2 rings (SSSR count). The van der Waals surface area contributed by atoms with Gasteiger partial charge < -0.3 is 19.0 Å². The highest BCUT2D eigenvalue weighted by molar-refractivity contribution is 5.93. The number of fused-ring (bicyclic) bond motifs is 1. The van der Waals surface area contributed by atoms with Crippen LogP contribution < -0.4 is 15.1 Å². The lowest BCUT2D eigenvalue weighted by Gasteiger charge is -2.09. The molecule has 94 valence electrons. The van der Waals surface area contributed by atoms with Crippen LogP contribution in [0.15, 0.2) is 27.4 Å². The van der Waals surface area contributed by atoms with Gasteiger partial charge in [0.1, 0.15) is 5.56 Å². The summed E-state index contributed by atoms with van der Waals surface area (Å²) < 4.78 is 15.1. The van der Waals surface area contributed by atoms with Gasteiger partial charge in [0.25, 0.3) is 0 Å². The molecule has 1 heterocycles. The highest BCUT2D eigenvalue weighted by atomic mass is 16.5. The van der Waals surface area contributed by atoms with E-state index < -0.39 is 17.2 Å².